The van der Waals surface area contributed by atoms with Crippen molar-refractivity contribution in [3.63, 3.8) is 0 Å². The first-order chi connectivity index (χ1) is 13.1. The second kappa shape index (κ2) is 7.00. The van der Waals surface area contributed by atoms with E-state index in [1.165, 1.54) is 16.8 Å². The number of benzene rings is 1. The molecule has 8 heteroatoms. The minimum absolute atomic E-state index is 0.0362. The number of nitrogens with zero attached hydrogens (tertiary/aromatic N) is 3. The summed E-state index contributed by atoms with van der Waals surface area (Å²) in [5, 5.41) is 3.27. The largest absolute Gasteiger partial charge is 0.497 e. The minimum Gasteiger partial charge on any atom is -0.497 e. The van der Waals surface area contributed by atoms with E-state index in [2.05, 4.69) is 5.32 Å². The van der Waals surface area contributed by atoms with Gasteiger partial charge >= 0.3 is 6.03 Å². The molecule has 0 unspecified atom stereocenters. The van der Waals surface area contributed by atoms with Gasteiger partial charge in [-0.05, 0) is 51.0 Å². The summed E-state index contributed by atoms with van der Waals surface area (Å²) in [4.78, 5) is 42.3. The maximum Gasteiger partial charge on any atom is 0.327 e. The number of imide groups is 1. The number of hydrogen-bond donors (Lipinski definition) is 1. The number of carbonyl (C=O) groups is 3. The number of urea groups is 1. The molecule has 3 rings (SSSR count). The molecule has 28 heavy (non-hydrogen) atoms. The maximum absolute atomic E-state index is 13.1. The molecule has 1 N–H and O–H groups in total. The summed E-state index contributed by atoms with van der Waals surface area (Å²) in [5.41, 5.74) is -0.807. The number of anilines is 1. The van der Waals surface area contributed by atoms with Gasteiger partial charge in [0.25, 0.3) is 5.91 Å². The van der Waals surface area contributed by atoms with Crippen molar-refractivity contribution in [2.75, 3.05) is 39.6 Å². The second-order valence-electron chi connectivity index (χ2n) is 8.01. The van der Waals surface area contributed by atoms with Gasteiger partial charge < -0.3 is 19.9 Å². The summed E-state index contributed by atoms with van der Waals surface area (Å²) < 4.78 is 5.16. The van der Waals surface area contributed by atoms with E-state index in [4.69, 9.17) is 4.74 Å². The zero-order chi connectivity index (χ0) is 20.7. The first kappa shape index (κ1) is 20.0. The molecule has 2 aliphatic heterocycles. The summed E-state index contributed by atoms with van der Waals surface area (Å²) >= 11 is 0. The Bertz CT molecular complexity index is 782. The fourth-order valence-electron chi connectivity index (χ4n) is 4.06. The number of hydrogen-bond acceptors (Lipinski definition) is 5. The van der Waals surface area contributed by atoms with Gasteiger partial charge in [-0.3, -0.25) is 14.5 Å². The number of amides is 4. The number of rotatable bonds is 4. The third kappa shape index (κ3) is 3.16. The number of likely N-dealkylation sites (N-methyl/N-ethyl adjacent to an activating group) is 2. The number of nitrogens with one attached hydrogen (secondary N) is 1. The van der Waals surface area contributed by atoms with Gasteiger partial charge in [0.15, 0.2) is 0 Å². The van der Waals surface area contributed by atoms with E-state index in [-0.39, 0.29) is 17.8 Å². The molecule has 0 atom stereocenters. The number of likely N-dealkylation sites (tertiary alicyclic amines) is 1. The van der Waals surface area contributed by atoms with Gasteiger partial charge in [-0.25, -0.2) is 4.79 Å². The van der Waals surface area contributed by atoms with Crippen molar-refractivity contribution in [2.24, 2.45) is 0 Å². The molecule has 1 aromatic carbocycles. The third-order valence-corrected chi connectivity index (χ3v) is 5.88. The molecule has 1 spiro atoms. The van der Waals surface area contributed by atoms with Crippen LogP contribution in [0, 0.1) is 0 Å². The maximum atomic E-state index is 13.1. The molecule has 0 radical (unpaired) electrons. The van der Waals surface area contributed by atoms with Gasteiger partial charge in [0.1, 0.15) is 16.8 Å². The molecule has 0 saturated carbocycles. The van der Waals surface area contributed by atoms with Gasteiger partial charge in [0.05, 0.1) is 7.11 Å². The lowest BCUT2D eigenvalue weighted by Gasteiger charge is -2.43. The van der Waals surface area contributed by atoms with Crippen LogP contribution in [0.2, 0.25) is 0 Å². The van der Waals surface area contributed by atoms with Crippen molar-refractivity contribution < 1.29 is 19.1 Å². The molecule has 8 nitrogen and oxygen atoms in total. The van der Waals surface area contributed by atoms with Gasteiger partial charge in [0.2, 0.25) is 5.91 Å². The predicted molar refractivity (Wildman–Crippen MR) is 105 cm³/mol. The number of piperidine rings is 1. The number of methoxy groups -OCH3 is 1. The van der Waals surface area contributed by atoms with Crippen LogP contribution >= 0.6 is 0 Å². The highest BCUT2D eigenvalue weighted by atomic mass is 16.5. The fourth-order valence-corrected chi connectivity index (χ4v) is 4.06. The molecule has 2 heterocycles. The van der Waals surface area contributed by atoms with Crippen LogP contribution in [0.25, 0.3) is 0 Å². The Morgan fingerprint density at radius 3 is 2.14 bits per heavy atom. The molecule has 0 bridgehead atoms. The molecule has 152 valence electrons. The summed E-state index contributed by atoms with van der Waals surface area (Å²) in [7, 11) is 4.78. The van der Waals surface area contributed by atoms with Crippen molar-refractivity contribution >= 4 is 23.5 Å². The summed E-state index contributed by atoms with van der Waals surface area (Å²) in [6.07, 6.45) is 0.894. The average Bonchev–Trinajstić information content (AvgIpc) is 2.84. The van der Waals surface area contributed by atoms with Gasteiger partial charge in [-0.2, -0.15) is 0 Å². The normalized spacial score (nSPS) is 19.4. The van der Waals surface area contributed by atoms with Crippen LogP contribution in [0.3, 0.4) is 0 Å². The standard InChI is InChI=1S/C20H28N4O4/c1-19(2,21-14-6-8-15(28-5)9-7-14)16(25)24-12-10-20(11-13-24)17(26)22(3)18(27)23(20)4/h6-9,21H,10-13H2,1-5H3. The fraction of sp³-hybridized carbons (Fsp3) is 0.550. The Labute approximate surface area is 165 Å². The highest BCUT2D eigenvalue weighted by molar-refractivity contribution is 6.06. The van der Waals surface area contributed by atoms with Gasteiger partial charge in [-0.15, -0.1) is 0 Å². The van der Waals surface area contributed by atoms with Crippen LogP contribution in [0.1, 0.15) is 26.7 Å². The van der Waals surface area contributed by atoms with Crippen molar-refractivity contribution in [3.8, 4) is 5.75 Å². The zero-order valence-electron chi connectivity index (χ0n) is 17.1. The second-order valence-corrected chi connectivity index (χ2v) is 8.01. The molecule has 4 amide bonds. The lowest BCUT2D eigenvalue weighted by Crippen LogP contribution is -2.59. The van der Waals surface area contributed by atoms with Gasteiger partial charge in [0, 0.05) is 32.9 Å². The number of carbonyl (C=O) groups excluding carboxylic acids is 3. The Hall–Kier alpha value is -2.77. The molecule has 0 aromatic heterocycles. The number of ether oxygens (including phenoxy) is 1. The Kier molecular flexibility index (Phi) is 4.99. The quantitative estimate of drug-likeness (QED) is 0.795. The third-order valence-electron chi connectivity index (χ3n) is 5.88. The first-order valence-corrected chi connectivity index (χ1v) is 9.40. The molecule has 2 saturated heterocycles. The summed E-state index contributed by atoms with van der Waals surface area (Å²) in [6, 6.07) is 7.12. The van der Waals surface area contributed by atoms with E-state index in [9.17, 15) is 14.4 Å². The lowest BCUT2D eigenvalue weighted by atomic mass is 9.85. The monoisotopic (exact) mass is 388 g/mol. The lowest BCUT2D eigenvalue weighted by molar-refractivity contribution is -0.142. The van der Waals surface area contributed by atoms with Crippen molar-refractivity contribution in [1.82, 2.24) is 14.7 Å². The Morgan fingerprint density at radius 1 is 1.11 bits per heavy atom. The SMILES string of the molecule is COc1ccc(NC(C)(C)C(=O)N2CCC3(CC2)C(=O)N(C)C(=O)N3C)cc1. The molecule has 2 fully saturated rings. The summed E-state index contributed by atoms with van der Waals surface area (Å²) in [6.45, 7) is 4.55. The van der Waals surface area contributed by atoms with Crippen LogP contribution in [0.5, 0.6) is 5.75 Å². The highest BCUT2D eigenvalue weighted by Crippen LogP contribution is 2.36. The molecule has 0 aliphatic carbocycles. The Morgan fingerprint density at radius 2 is 1.68 bits per heavy atom. The van der Waals surface area contributed by atoms with Crippen molar-refractivity contribution in [2.45, 2.75) is 37.8 Å². The van der Waals surface area contributed by atoms with Crippen molar-refractivity contribution in [3.05, 3.63) is 24.3 Å². The topological polar surface area (TPSA) is 82.2 Å². The van der Waals surface area contributed by atoms with Crippen LogP contribution in [-0.4, -0.2) is 77.9 Å². The Balaban J connectivity index is 1.67. The molecule has 1 aromatic rings. The van der Waals surface area contributed by atoms with Crippen LogP contribution < -0.4 is 10.1 Å². The van der Waals surface area contributed by atoms with E-state index in [0.29, 0.717) is 25.9 Å². The van der Waals surface area contributed by atoms with Crippen LogP contribution in [-0.2, 0) is 9.59 Å². The van der Waals surface area contributed by atoms with Crippen LogP contribution in [0.4, 0.5) is 10.5 Å². The van der Waals surface area contributed by atoms with E-state index in [1.807, 2.05) is 38.1 Å². The smallest absolute Gasteiger partial charge is 0.327 e. The van der Waals surface area contributed by atoms with Crippen molar-refractivity contribution in [1.29, 1.82) is 0 Å². The predicted octanol–water partition coefficient (Wildman–Crippen LogP) is 1.77. The minimum atomic E-state index is -0.823. The zero-order valence-corrected chi connectivity index (χ0v) is 17.1. The van der Waals surface area contributed by atoms with Gasteiger partial charge in [-0.1, -0.05) is 0 Å². The molecular formula is C20H28N4O4. The highest BCUT2D eigenvalue weighted by Gasteiger charge is 2.56. The van der Waals surface area contributed by atoms with E-state index < -0.39 is 11.1 Å². The van der Waals surface area contributed by atoms with E-state index in [1.54, 1.807) is 19.1 Å². The average molecular weight is 388 g/mol. The summed E-state index contributed by atoms with van der Waals surface area (Å²) in [5.74, 6) is 0.537. The van der Waals surface area contributed by atoms with Crippen LogP contribution in [0.15, 0.2) is 24.3 Å². The first-order valence-electron chi connectivity index (χ1n) is 9.40. The molecular weight excluding hydrogens is 360 g/mol. The molecule has 2 aliphatic rings. The van der Waals surface area contributed by atoms with E-state index in [0.717, 1.165) is 11.4 Å². The van der Waals surface area contributed by atoms with E-state index >= 15 is 0 Å².